The van der Waals surface area contributed by atoms with Crippen molar-refractivity contribution in [1.82, 2.24) is 0 Å². The van der Waals surface area contributed by atoms with Crippen LogP contribution in [0.2, 0.25) is 0 Å². The molecule has 3 nitrogen and oxygen atoms in total. The van der Waals surface area contributed by atoms with Crippen molar-refractivity contribution in [3.05, 3.63) is 50.9 Å². The zero-order chi connectivity index (χ0) is 13.8. The summed E-state index contributed by atoms with van der Waals surface area (Å²) in [5.41, 5.74) is 2.42. The Morgan fingerprint density at radius 1 is 1.11 bits per heavy atom. The van der Waals surface area contributed by atoms with E-state index in [0.717, 1.165) is 26.1 Å². The molecule has 96 valence electrons. The summed E-state index contributed by atoms with van der Waals surface area (Å²) in [7, 11) is 1.63. The van der Waals surface area contributed by atoms with Crippen molar-refractivity contribution in [2.45, 2.75) is 0 Å². The first-order valence-corrected chi connectivity index (χ1v) is 7.03. The zero-order valence-corrected chi connectivity index (χ0v) is 13.2. The van der Waals surface area contributed by atoms with Gasteiger partial charge in [-0.3, -0.25) is 0 Å². The normalized spacial score (nSPS) is 9.79. The molecule has 0 aliphatic carbocycles. The molecular formula is C14H10Br2N2O. The molecule has 0 aliphatic rings. The summed E-state index contributed by atoms with van der Waals surface area (Å²) in [6, 6.07) is 13.3. The average molecular weight is 382 g/mol. The lowest BCUT2D eigenvalue weighted by Gasteiger charge is -2.11. The maximum atomic E-state index is 8.83. The lowest BCUT2D eigenvalue weighted by atomic mass is 10.2. The minimum atomic E-state index is 0.616. The van der Waals surface area contributed by atoms with E-state index < -0.39 is 0 Å². The highest BCUT2D eigenvalue weighted by Crippen LogP contribution is 2.31. The molecule has 2 aromatic rings. The molecule has 0 amide bonds. The quantitative estimate of drug-likeness (QED) is 0.827. The molecule has 0 aliphatic heterocycles. The van der Waals surface area contributed by atoms with Gasteiger partial charge < -0.3 is 10.1 Å². The van der Waals surface area contributed by atoms with Crippen LogP contribution in [0.1, 0.15) is 5.56 Å². The van der Waals surface area contributed by atoms with Gasteiger partial charge in [0, 0.05) is 16.2 Å². The van der Waals surface area contributed by atoms with Gasteiger partial charge in [-0.05, 0) is 62.2 Å². The highest BCUT2D eigenvalue weighted by molar-refractivity contribution is 9.11. The second-order valence-corrected chi connectivity index (χ2v) is 5.49. The van der Waals surface area contributed by atoms with Crippen LogP contribution in [0.3, 0.4) is 0 Å². The number of nitrogens with zero attached hydrogens (tertiary/aromatic N) is 1. The van der Waals surface area contributed by atoms with Crippen molar-refractivity contribution >= 4 is 43.2 Å². The maximum absolute atomic E-state index is 8.83. The molecule has 5 heteroatoms. The SMILES string of the molecule is COc1cc(Nc2ccc(C#N)cc2Br)ccc1Br. The topological polar surface area (TPSA) is 45.0 Å². The molecule has 0 fully saturated rings. The molecule has 0 heterocycles. The van der Waals surface area contributed by atoms with Crippen LogP contribution in [0.5, 0.6) is 5.75 Å². The van der Waals surface area contributed by atoms with Gasteiger partial charge in [0.2, 0.25) is 0 Å². The van der Waals surface area contributed by atoms with Crippen LogP contribution >= 0.6 is 31.9 Å². The number of hydrogen-bond donors (Lipinski definition) is 1. The van der Waals surface area contributed by atoms with Gasteiger partial charge in [0.1, 0.15) is 5.75 Å². The van der Waals surface area contributed by atoms with Crippen LogP contribution in [0.4, 0.5) is 11.4 Å². The number of halogens is 2. The predicted molar refractivity (Wildman–Crippen MR) is 82.8 cm³/mol. The summed E-state index contributed by atoms with van der Waals surface area (Å²) in [4.78, 5) is 0. The standard InChI is InChI=1S/C14H10Br2N2O/c1-19-14-7-10(3-4-11(14)15)18-13-5-2-9(8-17)6-12(13)16/h2-7,18H,1H3. The van der Waals surface area contributed by atoms with Gasteiger partial charge in [0.25, 0.3) is 0 Å². The number of anilines is 2. The van der Waals surface area contributed by atoms with Crippen molar-refractivity contribution < 1.29 is 4.74 Å². The van der Waals surface area contributed by atoms with E-state index in [1.165, 1.54) is 0 Å². The van der Waals surface area contributed by atoms with Gasteiger partial charge >= 0.3 is 0 Å². The fourth-order valence-corrected chi connectivity index (χ4v) is 2.47. The summed E-state index contributed by atoms with van der Waals surface area (Å²) in [5, 5.41) is 12.1. The van der Waals surface area contributed by atoms with Crippen LogP contribution in [0.25, 0.3) is 0 Å². The molecular weight excluding hydrogens is 372 g/mol. The van der Waals surface area contributed by atoms with Crippen LogP contribution < -0.4 is 10.1 Å². The largest absolute Gasteiger partial charge is 0.495 e. The fourth-order valence-electron chi connectivity index (χ4n) is 1.58. The Balaban J connectivity index is 2.29. The second-order valence-electron chi connectivity index (χ2n) is 3.78. The van der Waals surface area contributed by atoms with E-state index >= 15 is 0 Å². The van der Waals surface area contributed by atoms with Crippen molar-refractivity contribution in [2.75, 3.05) is 12.4 Å². The van der Waals surface area contributed by atoms with Crippen molar-refractivity contribution in [3.8, 4) is 11.8 Å². The number of rotatable bonds is 3. The van der Waals surface area contributed by atoms with E-state index in [9.17, 15) is 0 Å². The number of nitrogens with one attached hydrogen (secondary N) is 1. The summed E-state index contributed by atoms with van der Waals surface area (Å²) < 4.78 is 6.99. The number of benzene rings is 2. The lowest BCUT2D eigenvalue weighted by Crippen LogP contribution is -1.93. The predicted octanol–water partition coefficient (Wildman–Crippen LogP) is 4.84. The Labute approximate surface area is 128 Å². The summed E-state index contributed by atoms with van der Waals surface area (Å²) in [6.45, 7) is 0. The van der Waals surface area contributed by atoms with Crippen molar-refractivity contribution in [1.29, 1.82) is 5.26 Å². The molecule has 0 radical (unpaired) electrons. The third-order valence-corrected chi connectivity index (χ3v) is 3.84. The molecule has 0 saturated carbocycles. The Kier molecular flexibility index (Phi) is 4.46. The molecule has 0 spiro atoms. The molecule has 0 atom stereocenters. The third-order valence-electron chi connectivity index (χ3n) is 2.53. The van der Waals surface area contributed by atoms with Crippen LogP contribution in [0.15, 0.2) is 45.3 Å². The third kappa shape index (κ3) is 3.28. The van der Waals surface area contributed by atoms with Gasteiger partial charge in [-0.2, -0.15) is 5.26 Å². The molecule has 2 rings (SSSR count). The average Bonchev–Trinajstić information content (AvgIpc) is 2.43. The first kappa shape index (κ1) is 13.9. The Morgan fingerprint density at radius 2 is 1.89 bits per heavy atom. The van der Waals surface area contributed by atoms with E-state index in [1.807, 2.05) is 24.3 Å². The number of ether oxygens (including phenoxy) is 1. The van der Waals surface area contributed by atoms with Gasteiger partial charge in [0.05, 0.1) is 28.9 Å². The van der Waals surface area contributed by atoms with Gasteiger partial charge in [-0.15, -0.1) is 0 Å². The molecule has 0 bridgehead atoms. The number of hydrogen-bond acceptors (Lipinski definition) is 3. The van der Waals surface area contributed by atoms with E-state index in [2.05, 4.69) is 43.2 Å². The molecule has 1 N–H and O–H groups in total. The van der Waals surface area contributed by atoms with E-state index in [4.69, 9.17) is 10.00 Å². The lowest BCUT2D eigenvalue weighted by molar-refractivity contribution is 0.412. The number of nitriles is 1. The number of methoxy groups -OCH3 is 1. The van der Waals surface area contributed by atoms with Crippen molar-refractivity contribution in [2.24, 2.45) is 0 Å². The smallest absolute Gasteiger partial charge is 0.135 e. The fraction of sp³-hybridized carbons (Fsp3) is 0.0714. The van der Waals surface area contributed by atoms with Crippen molar-refractivity contribution in [3.63, 3.8) is 0 Å². The molecule has 0 saturated heterocycles. The first-order valence-electron chi connectivity index (χ1n) is 5.44. The van der Waals surface area contributed by atoms with E-state index in [-0.39, 0.29) is 0 Å². The Bertz CT molecular complexity index is 650. The van der Waals surface area contributed by atoms with Crippen LogP contribution in [-0.4, -0.2) is 7.11 Å². The van der Waals surface area contributed by atoms with Gasteiger partial charge in [-0.25, -0.2) is 0 Å². The zero-order valence-electron chi connectivity index (χ0n) is 10.1. The monoisotopic (exact) mass is 380 g/mol. The summed E-state index contributed by atoms with van der Waals surface area (Å²) >= 11 is 6.85. The highest BCUT2D eigenvalue weighted by atomic mass is 79.9. The summed E-state index contributed by atoms with van der Waals surface area (Å²) in [6.07, 6.45) is 0. The Morgan fingerprint density at radius 3 is 2.53 bits per heavy atom. The highest BCUT2D eigenvalue weighted by Gasteiger charge is 2.05. The molecule has 0 aromatic heterocycles. The van der Waals surface area contributed by atoms with Gasteiger partial charge in [0.15, 0.2) is 0 Å². The maximum Gasteiger partial charge on any atom is 0.135 e. The van der Waals surface area contributed by atoms with E-state index in [0.29, 0.717) is 5.56 Å². The minimum absolute atomic E-state index is 0.616. The molecule has 19 heavy (non-hydrogen) atoms. The van der Waals surface area contributed by atoms with Crippen LogP contribution in [-0.2, 0) is 0 Å². The van der Waals surface area contributed by atoms with Gasteiger partial charge in [-0.1, -0.05) is 0 Å². The second kappa shape index (κ2) is 6.09. The summed E-state index contributed by atoms with van der Waals surface area (Å²) in [5.74, 6) is 0.759. The molecule has 2 aromatic carbocycles. The van der Waals surface area contributed by atoms with E-state index in [1.54, 1.807) is 19.2 Å². The Hall–Kier alpha value is -1.51. The minimum Gasteiger partial charge on any atom is -0.495 e. The molecule has 0 unspecified atom stereocenters. The van der Waals surface area contributed by atoms with Crippen LogP contribution in [0, 0.1) is 11.3 Å². The first-order chi connectivity index (χ1) is 9.13.